The molecule has 1 fully saturated rings. The molecular formula is C16H25NO3S. The van der Waals surface area contributed by atoms with Crippen LogP contribution in [0.1, 0.15) is 38.7 Å². The predicted molar refractivity (Wildman–Crippen MR) is 84.1 cm³/mol. The highest BCUT2D eigenvalue weighted by Gasteiger charge is 2.28. The zero-order chi connectivity index (χ0) is 15.5. The first-order valence-electron chi connectivity index (χ1n) is 7.68. The van der Waals surface area contributed by atoms with E-state index in [-0.39, 0.29) is 0 Å². The number of rotatable bonds is 5. The minimum atomic E-state index is -3.37. The van der Waals surface area contributed by atoms with Crippen LogP contribution in [0.4, 0.5) is 0 Å². The van der Waals surface area contributed by atoms with Crippen molar-refractivity contribution in [1.82, 2.24) is 4.31 Å². The van der Waals surface area contributed by atoms with E-state index >= 15 is 0 Å². The number of ether oxygens (including phenoxy) is 1. The van der Waals surface area contributed by atoms with Crippen molar-refractivity contribution in [3.8, 4) is 5.75 Å². The van der Waals surface area contributed by atoms with Crippen LogP contribution in [0.25, 0.3) is 0 Å². The fraction of sp³-hybridized carbons (Fsp3) is 0.625. The van der Waals surface area contributed by atoms with Crippen molar-refractivity contribution in [2.24, 2.45) is 5.92 Å². The highest BCUT2D eigenvalue weighted by molar-refractivity contribution is 7.89. The maximum atomic E-state index is 12.7. The second-order valence-electron chi connectivity index (χ2n) is 5.86. The van der Waals surface area contributed by atoms with Gasteiger partial charge in [0.05, 0.1) is 11.5 Å². The Kier molecular flexibility index (Phi) is 5.27. The second kappa shape index (κ2) is 6.79. The quantitative estimate of drug-likeness (QED) is 0.839. The van der Waals surface area contributed by atoms with Gasteiger partial charge in [0, 0.05) is 13.1 Å². The van der Waals surface area contributed by atoms with E-state index in [1.54, 1.807) is 22.5 Å². The normalized spacial score (nSPS) is 17.9. The molecule has 0 spiro atoms. The molecule has 0 aromatic heterocycles. The molecule has 1 aromatic carbocycles. The summed E-state index contributed by atoms with van der Waals surface area (Å²) in [5, 5.41) is 0. The van der Waals surface area contributed by atoms with Crippen LogP contribution in [-0.4, -0.2) is 32.4 Å². The molecule has 1 aliphatic rings. The molecule has 5 heteroatoms. The van der Waals surface area contributed by atoms with Gasteiger partial charge in [0.25, 0.3) is 0 Å². The van der Waals surface area contributed by atoms with Crippen LogP contribution in [0.15, 0.2) is 23.1 Å². The average Bonchev–Trinajstić information content (AvgIpc) is 2.46. The van der Waals surface area contributed by atoms with Crippen molar-refractivity contribution in [2.45, 2.75) is 44.9 Å². The van der Waals surface area contributed by atoms with Gasteiger partial charge < -0.3 is 4.74 Å². The zero-order valence-electron chi connectivity index (χ0n) is 13.1. The van der Waals surface area contributed by atoms with E-state index in [1.165, 1.54) is 0 Å². The Morgan fingerprint density at radius 2 is 1.95 bits per heavy atom. The van der Waals surface area contributed by atoms with Crippen molar-refractivity contribution < 1.29 is 13.2 Å². The number of nitrogens with zero attached hydrogens (tertiary/aromatic N) is 1. The fourth-order valence-electron chi connectivity index (χ4n) is 2.53. The number of hydrogen-bond donors (Lipinski definition) is 0. The van der Waals surface area contributed by atoms with Crippen LogP contribution < -0.4 is 4.74 Å². The molecule has 118 valence electrons. The summed E-state index contributed by atoms with van der Waals surface area (Å²) in [4.78, 5) is 0.374. The van der Waals surface area contributed by atoms with Crippen LogP contribution in [0.5, 0.6) is 5.75 Å². The summed E-state index contributed by atoms with van der Waals surface area (Å²) >= 11 is 0. The molecule has 1 heterocycles. The molecule has 0 unspecified atom stereocenters. The summed E-state index contributed by atoms with van der Waals surface area (Å²) in [6.45, 7) is 8.01. The lowest BCUT2D eigenvalue weighted by atomic mass is 10.0. The van der Waals surface area contributed by atoms with Gasteiger partial charge in [-0.25, -0.2) is 8.42 Å². The number of hydrogen-bond acceptors (Lipinski definition) is 3. The topological polar surface area (TPSA) is 46.6 Å². The molecule has 0 radical (unpaired) electrons. The molecule has 0 saturated carbocycles. The summed E-state index contributed by atoms with van der Waals surface area (Å²) in [6, 6.07) is 5.15. The van der Waals surface area contributed by atoms with Crippen LogP contribution in [-0.2, 0) is 10.0 Å². The lowest BCUT2D eigenvalue weighted by Crippen LogP contribution is -2.37. The van der Waals surface area contributed by atoms with Gasteiger partial charge in [0.2, 0.25) is 10.0 Å². The van der Waals surface area contributed by atoms with E-state index in [9.17, 15) is 8.42 Å². The molecule has 1 saturated heterocycles. The third-order valence-corrected chi connectivity index (χ3v) is 5.88. The molecule has 1 aromatic rings. The zero-order valence-corrected chi connectivity index (χ0v) is 13.9. The summed E-state index contributed by atoms with van der Waals surface area (Å²) in [5.74, 6) is 1.38. The molecule has 0 atom stereocenters. The minimum Gasteiger partial charge on any atom is -0.493 e. The van der Waals surface area contributed by atoms with Crippen molar-refractivity contribution >= 4 is 10.0 Å². The molecule has 0 bridgehead atoms. The fourth-order valence-corrected chi connectivity index (χ4v) is 4.09. The second-order valence-corrected chi connectivity index (χ2v) is 7.80. The third kappa shape index (κ3) is 3.77. The maximum Gasteiger partial charge on any atom is 0.243 e. The molecule has 0 amide bonds. The standard InChI is InChI=1S/C16H25NO3S/c1-4-11-20-16-6-5-15(12-14(16)3)21(18,19)17-9-7-13(2)8-10-17/h5-6,12-13H,4,7-11H2,1-3H3. The van der Waals surface area contributed by atoms with E-state index in [0.29, 0.717) is 30.5 Å². The molecule has 0 N–H and O–H groups in total. The smallest absolute Gasteiger partial charge is 0.243 e. The van der Waals surface area contributed by atoms with Gasteiger partial charge >= 0.3 is 0 Å². The summed E-state index contributed by atoms with van der Waals surface area (Å²) in [5.41, 5.74) is 0.870. The Balaban J connectivity index is 2.18. The molecular weight excluding hydrogens is 286 g/mol. The predicted octanol–water partition coefficient (Wildman–Crippen LogP) is 3.20. The number of piperidine rings is 1. The molecule has 0 aliphatic carbocycles. The Labute approximate surface area is 128 Å². The van der Waals surface area contributed by atoms with Gasteiger partial charge in [-0.15, -0.1) is 0 Å². The van der Waals surface area contributed by atoms with E-state index in [0.717, 1.165) is 30.6 Å². The largest absolute Gasteiger partial charge is 0.493 e. The van der Waals surface area contributed by atoms with E-state index in [4.69, 9.17) is 4.74 Å². The summed E-state index contributed by atoms with van der Waals surface area (Å²) < 4.78 is 32.5. The maximum absolute atomic E-state index is 12.7. The lowest BCUT2D eigenvalue weighted by molar-refractivity contribution is 0.288. The minimum absolute atomic E-state index is 0.374. The van der Waals surface area contributed by atoms with Gasteiger partial charge in [-0.2, -0.15) is 4.31 Å². The van der Waals surface area contributed by atoms with Crippen molar-refractivity contribution in [3.05, 3.63) is 23.8 Å². The highest BCUT2D eigenvalue weighted by atomic mass is 32.2. The lowest BCUT2D eigenvalue weighted by Gasteiger charge is -2.29. The summed E-state index contributed by atoms with van der Waals surface area (Å²) in [7, 11) is -3.37. The summed E-state index contributed by atoms with van der Waals surface area (Å²) in [6.07, 6.45) is 2.82. The van der Waals surface area contributed by atoms with Gasteiger partial charge in [-0.3, -0.25) is 0 Å². The Bertz CT molecular complexity index is 575. The van der Waals surface area contributed by atoms with Crippen molar-refractivity contribution in [1.29, 1.82) is 0 Å². The molecule has 4 nitrogen and oxygen atoms in total. The van der Waals surface area contributed by atoms with Crippen LogP contribution >= 0.6 is 0 Å². The van der Waals surface area contributed by atoms with E-state index in [2.05, 4.69) is 6.92 Å². The first-order valence-corrected chi connectivity index (χ1v) is 9.12. The van der Waals surface area contributed by atoms with Gasteiger partial charge in [0.1, 0.15) is 5.75 Å². The van der Waals surface area contributed by atoms with Crippen molar-refractivity contribution in [2.75, 3.05) is 19.7 Å². The SMILES string of the molecule is CCCOc1ccc(S(=O)(=O)N2CCC(C)CC2)cc1C. The number of aryl methyl sites for hydroxylation is 1. The first-order chi connectivity index (χ1) is 9.95. The Hall–Kier alpha value is -1.07. The molecule has 1 aliphatic heterocycles. The first kappa shape index (κ1) is 16.3. The molecule has 21 heavy (non-hydrogen) atoms. The van der Waals surface area contributed by atoms with Crippen molar-refractivity contribution in [3.63, 3.8) is 0 Å². The Morgan fingerprint density at radius 1 is 1.29 bits per heavy atom. The average molecular weight is 311 g/mol. The van der Waals surface area contributed by atoms with Gasteiger partial charge in [-0.05, 0) is 55.9 Å². The van der Waals surface area contributed by atoms with E-state index < -0.39 is 10.0 Å². The highest BCUT2D eigenvalue weighted by Crippen LogP contribution is 2.27. The van der Waals surface area contributed by atoms with Crippen LogP contribution in [0.3, 0.4) is 0 Å². The number of sulfonamides is 1. The number of benzene rings is 1. The van der Waals surface area contributed by atoms with Crippen LogP contribution in [0, 0.1) is 12.8 Å². The monoisotopic (exact) mass is 311 g/mol. The van der Waals surface area contributed by atoms with Gasteiger partial charge in [0.15, 0.2) is 0 Å². The molecule has 2 rings (SSSR count). The van der Waals surface area contributed by atoms with Crippen LogP contribution in [0.2, 0.25) is 0 Å². The Morgan fingerprint density at radius 3 is 2.52 bits per heavy atom. The third-order valence-electron chi connectivity index (χ3n) is 3.99. The van der Waals surface area contributed by atoms with Gasteiger partial charge in [-0.1, -0.05) is 13.8 Å². The van der Waals surface area contributed by atoms with E-state index in [1.807, 2.05) is 13.8 Å².